The maximum atomic E-state index is 11.9. The van der Waals surface area contributed by atoms with Crippen LogP contribution in [-0.2, 0) is 19.1 Å². The molecule has 0 aromatic rings. The second kappa shape index (κ2) is 30.0. The minimum Gasteiger partial charge on any atom is -0.463 e. The zero-order valence-corrected chi connectivity index (χ0v) is 26.8. The Hall–Kier alpha value is -2.44. The molecule has 0 saturated carbocycles. The van der Waals surface area contributed by atoms with Crippen LogP contribution in [0.25, 0.3) is 0 Å². The van der Waals surface area contributed by atoms with E-state index in [-0.39, 0.29) is 31.6 Å². The molecule has 0 radical (unpaired) electrons. The molecule has 42 heavy (non-hydrogen) atoms. The van der Waals surface area contributed by atoms with E-state index in [9.17, 15) is 19.8 Å². The molecule has 0 fully saturated rings. The summed E-state index contributed by atoms with van der Waals surface area (Å²) < 4.78 is 10.2. The molecule has 6 nitrogen and oxygen atoms in total. The predicted octanol–water partition coefficient (Wildman–Crippen LogP) is 8.49. The number of allylic oxidation sites excluding steroid dienone is 8. The molecular weight excluding hydrogens is 528 g/mol. The van der Waals surface area contributed by atoms with Crippen molar-refractivity contribution in [2.75, 3.05) is 13.2 Å². The molecule has 0 heterocycles. The summed E-state index contributed by atoms with van der Waals surface area (Å²) in [5, 5.41) is 19.6. The minimum absolute atomic E-state index is 0.147. The highest BCUT2D eigenvalue weighted by atomic mass is 16.6. The number of carbonyl (C=O) groups excluding carboxylic acids is 2. The summed E-state index contributed by atoms with van der Waals surface area (Å²) in [5.74, 6) is 0.153. The van der Waals surface area contributed by atoms with E-state index in [1.807, 2.05) is 37.3 Å². The number of hydrogen-bond donors (Lipinski definition) is 2. The number of esters is 2. The zero-order valence-electron chi connectivity index (χ0n) is 26.8. The average Bonchev–Trinajstić information content (AvgIpc) is 2.99. The fourth-order valence-corrected chi connectivity index (χ4v) is 4.00. The molecule has 240 valence electrons. The van der Waals surface area contributed by atoms with Gasteiger partial charge in [0, 0.05) is 12.8 Å². The molecule has 0 aromatic heterocycles. The van der Waals surface area contributed by atoms with E-state index < -0.39 is 12.2 Å². The van der Waals surface area contributed by atoms with Gasteiger partial charge in [0.15, 0.2) is 0 Å². The summed E-state index contributed by atoms with van der Waals surface area (Å²) >= 11 is 0. The third kappa shape index (κ3) is 29.1. The van der Waals surface area contributed by atoms with Gasteiger partial charge in [-0.15, -0.1) is 0 Å². The number of unbranched alkanes of at least 4 members (excludes halogenated alkanes) is 6. The molecule has 2 unspecified atom stereocenters. The highest BCUT2D eigenvalue weighted by molar-refractivity contribution is 5.69. The van der Waals surface area contributed by atoms with Crippen molar-refractivity contribution in [2.24, 2.45) is 5.92 Å². The van der Waals surface area contributed by atoms with E-state index in [0.29, 0.717) is 19.3 Å². The molecular formula is C36H60O6. The molecule has 0 aromatic carbocycles. The number of rotatable bonds is 27. The Morgan fingerprint density at radius 2 is 1.26 bits per heavy atom. The van der Waals surface area contributed by atoms with Crippen molar-refractivity contribution in [1.82, 2.24) is 0 Å². The van der Waals surface area contributed by atoms with Crippen molar-refractivity contribution >= 4 is 11.9 Å². The fraction of sp³-hybridized carbons (Fsp3) is 0.667. The van der Waals surface area contributed by atoms with Gasteiger partial charge >= 0.3 is 11.9 Å². The van der Waals surface area contributed by atoms with Gasteiger partial charge in [-0.25, -0.2) is 0 Å². The molecule has 6 heteroatoms. The monoisotopic (exact) mass is 588 g/mol. The van der Waals surface area contributed by atoms with Crippen molar-refractivity contribution < 1.29 is 29.3 Å². The van der Waals surface area contributed by atoms with Gasteiger partial charge in [-0.1, -0.05) is 126 Å². The fourth-order valence-electron chi connectivity index (χ4n) is 4.00. The highest BCUT2D eigenvalue weighted by Gasteiger charge is 2.12. The average molecular weight is 589 g/mol. The summed E-state index contributed by atoms with van der Waals surface area (Å²) in [6, 6.07) is 0. The summed E-state index contributed by atoms with van der Waals surface area (Å²) in [6.45, 7) is 6.28. The SMILES string of the molecule is CC/C=C\C(O)C/C=C/C=C\C/C=C\C/C=C\CCCC(=O)OC[C@@H](O)COC(=O)CCCCCCCCC(C)CC. The van der Waals surface area contributed by atoms with Crippen LogP contribution in [-0.4, -0.2) is 47.6 Å². The van der Waals surface area contributed by atoms with Gasteiger partial charge in [-0.3, -0.25) is 9.59 Å². The van der Waals surface area contributed by atoms with Crippen LogP contribution in [0, 0.1) is 5.92 Å². The lowest BCUT2D eigenvalue weighted by Gasteiger charge is -2.12. The van der Waals surface area contributed by atoms with Crippen LogP contribution in [0.4, 0.5) is 0 Å². The van der Waals surface area contributed by atoms with Crippen molar-refractivity contribution in [3.8, 4) is 0 Å². The molecule has 0 aliphatic rings. The molecule has 2 N–H and O–H groups in total. The molecule has 0 spiro atoms. The Morgan fingerprint density at radius 1 is 0.690 bits per heavy atom. The maximum Gasteiger partial charge on any atom is 0.305 e. The minimum atomic E-state index is -0.998. The van der Waals surface area contributed by atoms with Gasteiger partial charge in [0.05, 0.1) is 6.10 Å². The number of carbonyl (C=O) groups is 2. The molecule has 0 saturated heterocycles. The molecule has 0 amide bonds. The lowest BCUT2D eigenvalue weighted by molar-refractivity contribution is -0.152. The first kappa shape index (κ1) is 39.6. The van der Waals surface area contributed by atoms with Crippen LogP contribution in [0.2, 0.25) is 0 Å². The Morgan fingerprint density at radius 3 is 1.93 bits per heavy atom. The van der Waals surface area contributed by atoms with Crippen LogP contribution < -0.4 is 0 Å². The van der Waals surface area contributed by atoms with Crippen LogP contribution in [0.5, 0.6) is 0 Å². The second-order valence-electron chi connectivity index (χ2n) is 11.0. The van der Waals surface area contributed by atoms with Gasteiger partial charge in [-0.2, -0.15) is 0 Å². The predicted molar refractivity (Wildman–Crippen MR) is 174 cm³/mol. The van der Waals surface area contributed by atoms with Gasteiger partial charge < -0.3 is 19.7 Å². The van der Waals surface area contributed by atoms with Crippen LogP contribution in [0.15, 0.2) is 60.8 Å². The topological polar surface area (TPSA) is 93.1 Å². The van der Waals surface area contributed by atoms with E-state index >= 15 is 0 Å². The van der Waals surface area contributed by atoms with E-state index in [0.717, 1.165) is 50.9 Å². The van der Waals surface area contributed by atoms with Crippen LogP contribution in [0.1, 0.15) is 124 Å². The molecule has 0 aliphatic heterocycles. The standard InChI is InChI=1S/C36H60O6/c1-4-6-26-33(37)27-22-18-13-11-9-7-8-10-12-14-19-23-28-35(39)41-30-34(38)31-42-36(40)29-24-20-16-15-17-21-25-32(3)5-2/h6-8,11-14,18,22,26,32-34,37-38H,4-5,9-10,15-17,19-21,23-25,27-31H2,1-3H3/b8-7-,13-11-,14-12-,22-18+,26-6-/t32?,33?,34-/m1/s1. The van der Waals surface area contributed by atoms with E-state index in [1.165, 1.54) is 32.1 Å². The Bertz CT molecular complexity index is 795. The van der Waals surface area contributed by atoms with Gasteiger partial charge in [0.2, 0.25) is 0 Å². The first-order chi connectivity index (χ1) is 20.4. The Kier molecular flexibility index (Phi) is 28.3. The zero-order chi connectivity index (χ0) is 31.1. The van der Waals surface area contributed by atoms with Gasteiger partial charge in [0.25, 0.3) is 0 Å². The first-order valence-electron chi connectivity index (χ1n) is 16.3. The normalized spacial score (nSPS) is 14.5. The van der Waals surface area contributed by atoms with Crippen molar-refractivity contribution in [3.05, 3.63) is 60.8 Å². The largest absolute Gasteiger partial charge is 0.463 e. The van der Waals surface area contributed by atoms with E-state index in [2.05, 4.69) is 44.2 Å². The summed E-state index contributed by atoms with van der Waals surface area (Å²) in [7, 11) is 0. The number of aliphatic hydroxyl groups excluding tert-OH is 2. The summed E-state index contributed by atoms with van der Waals surface area (Å²) in [6.07, 6.45) is 33.3. The Balaban J connectivity index is 3.67. The maximum absolute atomic E-state index is 11.9. The smallest absolute Gasteiger partial charge is 0.305 e. The third-order valence-electron chi connectivity index (χ3n) is 6.88. The molecule has 0 aliphatic carbocycles. The Labute approximate surface area is 256 Å². The van der Waals surface area contributed by atoms with Crippen molar-refractivity contribution in [3.63, 3.8) is 0 Å². The quantitative estimate of drug-likeness (QED) is 0.0433. The first-order valence-corrected chi connectivity index (χ1v) is 16.3. The van der Waals surface area contributed by atoms with E-state index in [4.69, 9.17) is 9.47 Å². The van der Waals surface area contributed by atoms with Gasteiger partial charge in [0.1, 0.15) is 19.3 Å². The summed E-state index contributed by atoms with van der Waals surface area (Å²) in [5.41, 5.74) is 0. The third-order valence-corrected chi connectivity index (χ3v) is 6.88. The lowest BCUT2D eigenvalue weighted by atomic mass is 10.00. The molecule has 3 atom stereocenters. The number of aliphatic hydroxyl groups is 2. The lowest BCUT2D eigenvalue weighted by Crippen LogP contribution is -2.25. The van der Waals surface area contributed by atoms with Gasteiger partial charge in [-0.05, 0) is 50.9 Å². The van der Waals surface area contributed by atoms with Crippen molar-refractivity contribution in [1.29, 1.82) is 0 Å². The van der Waals surface area contributed by atoms with Crippen molar-refractivity contribution in [2.45, 2.75) is 136 Å². The highest BCUT2D eigenvalue weighted by Crippen LogP contribution is 2.14. The number of ether oxygens (including phenoxy) is 2. The van der Waals surface area contributed by atoms with Crippen LogP contribution >= 0.6 is 0 Å². The molecule has 0 bridgehead atoms. The van der Waals surface area contributed by atoms with E-state index in [1.54, 1.807) is 0 Å². The summed E-state index contributed by atoms with van der Waals surface area (Å²) in [4.78, 5) is 23.7. The second-order valence-corrected chi connectivity index (χ2v) is 11.0. The van der Waals surface area contributed by atoms with Crippen LogP contribution in [0.3, 0.4) is 0 Å². The molecule has 0 rings (SSSR count). The number of hydrogen-bond acceptors (Lipinski definition) is 6.